The van der Waals surface area contributed by atoms with Crippen LogP contribution in [0, 0.1) is 11.6 Å². The maximum Gasteiger partial charge on any atom is 0.289 e. The molecule has 0 atom stereocenters. The average molecular weight is 320 g/mol. The molecule has 1 aromatic heterocycles. The zero-order valence-electron chi connectivity index (χ0n) is 11.4. The molecular formula is C14H10F2N4OS. The second-order valence-electron chi connectivity index (χ2n) is 4.53. The van der Waals surface area contributed by atoms with Crippen LogP contribution in [0.25, 0.3) is 6.08 Å². The lowest BCUT2D eigenvalue weighted by Crippen LogP contribution is -2.18. The molecule has 1 aromatic carbocycles. The summed E-state index contributed by atoms with van der Waals surface area (Å²) >= 11 is 0.980. The molecule has 1 aliphatic rings. The highest BCUT2D eigenvalue weighted by Gasteiger charge is 2.23. The molecule has 1 amide bonds. The van der Waals surface area contributed by atoms with Gasteiger partial charge in [0.15, 0.2) is 11.6 Å². The molecule has 3 rings (SSSR count). The topological polar surface area (TPSA) is 59.3 Å². The van der Waals surface area contributed by atoms with Gasteiger partial charge in [0.2, 0.25) is 0 Å². The fourth-order valence-electron chi connectivity index (χ4n) is 1.86. The number of carbonyl (C=O) groups excluding carboxylic acids is 1. The van der Waals surface area contributed by atoms with E-state index in [0.717, 1.165) is 29.5 Å². The number of carbonyl (C=O) groups is 1. The van der Waals surface area contributed by atoms with Gasteiger partial charge in [-0.1, -0.05) is 0 Å². The summed E-state index contributed by atoms with van der Waals surface area (Å²) in [5.41, 5.74) is 1.02. The molecule has 112 valence electrons. The first kappa shape index (κ1) is 14.5. The Morgan fingerprint density at radius 2 is 2.18 bits per heavy atom. The van der Waals surface area contributed by atoms with Crippen molar-refractivity contribution >= 4 is 34.6 Å². The molecule has 8 heteroatoms. The lowest BCUT2D eigenvalue weighted by Gasteiger charge is -2.00. The first-order valence-electron chi connectivity index (χ1n) is 6.24. The molecule has 2 heterocycles. The standard InChI is InChI=1S/C14H10F2N4OS/c1-20-7-8(6-17-20)4-12-13(19-14(21)22-12)18-9-2-3-10(15)11(16)5-9/h2-7H,1H3,(H,18,19,21)/b12-4+. The molecule has 0 aliphatic carbocycles. The molecule has 0 saturated carbocycles. The van der Waals surface area contributed by atoms with Gasteiger partial charge in [-0.3, -0.25) is 9.48 Å². The zero-order valence-corrected chi connectivity index (χ0v) is 12.2. The van der Waals surface area contributed by atoms with Gasteiger partial charge in [-0.2, -0.15) is 5.10 Å². The number of halogens is 2. The van der Waals surface area contributed by atoms with Crippen LogP contribution in [0.3, 0.4) is 0 Å². The van der Waals surface area contributed by atoms with Crippen LogP contribution < -0.4 is 5.32 Å². The minimum Gasteiger partial charge on any atom is -0.300 e. The van der Waals surface area contributed by atoms with Gasteiger partial charge in [-0.05, 0) is 30.0 Å². The van der Waals surface area contributed by atoms with Crippen LogP contribution in [0.5, 0.6) is 0 Å². The number of aliphatic imine (C=N–C) groups is 1. The lowest BCUT2D eigenvalue weighted by molar-refractivity contribution is 0.265. The van der Waals surface area contributed by atoms with Gasteiger partial charge in [0.25, 0.3) is 5.24 Å². The number of hydrogen-bond donors (Lipinski definition) is 1. The molecule has 1 saturated heterocycles. The van der Waals surface area contributed by atoms with Crippen molar-refractivity contribution in [2.24, 2.45) is 12.0 Å². The third-order valence-corrected chi connectivity index (χ3v) is 3.64. The van der Waals surface area contributed by atoms with Crippen molar-refractivity contribution in [3.05, 3.63) is 52.7 Å². The number of amides is 1. The van der Waals surface area contributed by atoms with Gasteiger partial charge in [0.1, 0.15) is 5.84 Å². The predicted molar refractivity (Wildman–Crippen MR) is 80.8 cm³/mol. The number of rotatable bonds is 2. The van der Waals surface area contributed by atoms with Crippen LogP contribution in [0.2, 0.25) is 0 Å². The summed E-state index contributed by atoms with van der Waals surface area (Å²) in [6.07, 6.45) is 5.17. The molecule has 1 fully saturated rings. The van der Waals surface area contributed by atoms with Gasteiger partial charge < -0.3 is 5.32 Å². The normalized spacial score (nSPS) is 18.2. The maximum atomic E-state index is 13.2. The number of nitrogens with one attached hydrogen (secondary N) is 1. The van der Waals surface area contributed by atoms with Crippen LogP contribution in [0.4, 0.5) is 19.3 Å². The van der Waals surface area contributed by atoms with Crippen LogP contribution >= 0.6 is 11.8 Å². The molecule has 0 spiro atoms. The Hall–Kier alpha value is -2.48. The minimum absolute atomic E-state index is 0.216. The molecule has 0 bridgehead atoms. The maximum absolute atomic E-state index is 13.2. The lowest BCUT2D eigenvalue weighted by atomic mass is 10.3. The first-order valence-corrected chi connectivity index (χ1v) is 7.06. The Kier molecular flexibility index (Phi) is 3.76. The van der Waals surface area contributed by atoms with Gasteiger partial charge in [-0.15, -0.1) is 0 Å². The van der Waals surface area contributed by atoms with E-state index >= 15 is 0 Å². The van der Waals surface area contributed by atoms with Crippen molar-refractivity contribution < 1.29 is 13.6 Å². The fourth-order valence-corrected chi connectivity index (χ4v) is 2.60. The number of benzene rings is 1. The van der Waals surface area contributed by atoms with E-state index in [1.54, 1.807) is 30.2 Å². The molecule has 0 radical (unpaired) electrons. The minimum atomic E-state index is -0.989. The molecule has 1 N–H and O–H groups in total. The van der Waals surface area contributed by atoms with Crippen molar-refractivity contribution in [3.63, 3.8) is 0 Å². The van der Waals surface area contributed by atoms with Crippen molar-refractivity contribution in [2.45, 2.75) is 0 Å². The largest absolute Gasteiger partial charge is 0.300 e. The second kappa shape index (κ2) is 5.72. The summed E-state index contributed by atoms with van der Waals surface area (Å²) in [5, 5.41) is 6.33. The smallest absolute Gasteiger partial charge is 0.289 e. The Labute approximate surface area is 128 Å². The predicted octanol–water partition coefficient (Wildman–Crippen LogP) is 3.23. The summed E-state index contributed by atoms with van der Waals surface area (Å²) in [6.45, 7) is 0. The monoisotopic (exact) mass is 320 g/mol. The van der Waals surface area contributed by atoms with E-state index in [0.29, 0.717) is 10.7 Å². The Morgan fingerprint density at radius 3 is 2.86 bits per heavy atom. The molecule has 1 aliphatic heterocycles. The van der Waals surface area contributed by atoms with Crippen molar-refractivity contribution in [1.29, 1.82) is 0 Å². The third kappa shape index (κ3) is 3.06. The van der Waals surface area contributed by atoms with Gasteiger partial charge in [-0.25, -0.2) is 13.8 Å². The zero-order chi connectivity index (χ0) is 15.7. The van der Waals surface area contributed by atoms with Crippen LogP contribution in [0.15, 0.2) is 40.5 Å². The van der Waals surface area contributed by atoms with Gasteiger partial charge >= 0.3 is 0 Å². The van der Waals surface area contributed by atoms with E-state index in [2.05, 4.69) is 15.4 Å². The van der Waals surface area contributed by atoms with E-state index in [-0.39, 0.29) is 10.9 Å². The number of thioether (sulfide) groups is 1. The number of aryl methyl sites for hydroxylation is 1. The summed E-state index contributed by atoms with van der Waals surface area (Å²) < 4.78 is 27.8. The Balaban J connectivity index is 1.96. The Bertz CT molecular complexity index is 813. The highest BCUT2D eigenvalue weighted by Crippen LogP contribution is 2.28. The van der Waals surface area contributed by atoms with E-state index < -0.39 is 11.6 Å². The quantitative estimate of drug-likeness (QED) is 0.924. The molecule has 2 aromatic rings. The van der Waals surface area contributed by atoms with Gasteiger partial charge in [0.05, 0.1) is 16.8 Å². The van der Waals surface area contributed by atoms with E-state index in [4.69, 9.17) is 0 Å². The van der Waals surface area contributed by atoms with E-state index in [9.17, 15) is 13.6 Å². The molecular weight excluding hydrogens is 310 g/mol. The number of nitrogens with zero attached hydrogens (tertiary/aromatic N) is 3. The van der Waals surface area contributed by atoms with Crippen LogP contribution in [0.1, 0.15) is 5.56 Å². The van der Waals surface area contributed by atoms with Gasteiger partial charge in [0, 0.05) is 24.9 Å². The highest BCUT2D eigenvalue weighted by atomic mass is 32.2. The number of amidine groups is 1. The third-order valence-electron chi connectivity index (χ3n) is 2.82. The van der Waals surface area contributed by atoms with Crippen molar-refractivity contribution in [3.8, 4) is 0 Å². The fraction of sp³-hybridized carbons (Fsp3) is 0.0714. The Morgan fingerprint density at radius 1 is 1.36 bits per heavy atom. The summed E-state index contributed by atoms with van der Waals surface area (Å²) in [4.78, 5) is 16.3. The summed E-state index contributed by atoms with van der Waals surface area (Å²) in [6, 6.07) is 3.30. The molecule has 5 nitrogen and oxygen atoms in total. The first-order chi connectivity index (χ1) is 10.5. The average Bonchev–Trinajstić information content (AvgIpc) is 3.01. The summed E-state index contributed by atoms with van der Waals surface area (Å²) in [5.74, 6) is -1.64. The number of hydrogen-bond acceptors (Lipinski definition) is 4. The number of aromatic nitrogens is 2. The molecule has 22 heavy (non-hydrogen) atoms. The molecule has 0 unspecified atom stereocenters. The van der Waals surface area contributed by atoms with E-state index in [1.165, 1.54) is 6.07 Å². The second-order valence-corrected chi connectivity index (χ2v) is 5.54. The van der Waals surface area contributed by atoms with E-state index in [1.807, 2.05) is 0 Å². The van der Waals surface area contributed by atoms with Crippen molar-refractivity contribution in [2.75, 3.05) is 0 Å². The summed E-state index contributed by atoms with van der Waals surface area (Å²) in [7, 11) is 1.78. The van der Waals surface area contributed by atoms with Crippen LogP contribution in [-0.2, 0) is 7.05 Å². The van der Waals surface area contributed by atoms with Crippen LogP contribution in [-0.4, -0.2) is 20.9 Å². The SMILES string of the molecule is Cn1cc(/C=C2/SC(=O)NC2=Nc2ccc(F)c(F)c2)cn1. The van der Waals surface area contributed by atoms with Crippen molar-refractivity contribution in [1.82, 2.24) is 15.1 Å². The highest BCUT2D eigenvalue weighted by molar-refractivity contribution is 8.18.